The third-order valence-electron chi connectivity index (χ3n) is 5.41. The lowest BCUT2D eigenvalue weighted by atomic mass is 10.0. The number of ether oxygens (including phenoxy) is 1. The van der Waals surface area contributed by atoms with Crippen molar-refractivity contribution in [1.29, 1.82) is 0 Å². The Balaban J connectivity index is 1.52. The van der Waals surface area contributed by atoms with E-state index in [1.54, 1.807) is 6.20 Å². The van der Waals surface area contributed by atoms with Gasteiger partial charge in [-0.2, -0.15) is 0 Å². The van der Waals surface area contributed by atoms with Crippen molar-refractivity contribution in [2.45, 2.75) is 38.8 Å². The molecule has 0 aromatic carbocycles. The number of aromatic nitrogens is 1. The molecule has 1 amide bonds. The Morgan fingerprint density at radius 2 is 2.08 bits per heavy atom. The van der Waals surface area contributed by atoms with Gasteiger partial charge in [-0.05, 0) is 44.9 Å². The average Bonchev–Trinajstić information content (AvgIpc) is 2.87. The smallest absolute Gasteiger partial charge is 0.257 e. The molecule has 2 aliphatic rings. The number of hydrogen-bond donors (Lipinski definition) is 0. The van der Waals surface area contributed by atoms with Crippen molar-refractivity contribution in [3.05, 3.63) is 47.7 Å². The number of carbonyl (C=O) groups is 1. The minimum absolute atomic E-state index is 0.0610. The second-order valence-electron chi connectivity index (χ2n) is 7.08. The highest BCUT2D eigenvalue weighted by atomic mass is 16.5. The molecule has 0 bridgehead atoms. The van der Waals surface area contributed by atoms with Gasteiger partial charge in [0.2, 0.25) is 0 Å². The Morgan fingerprint density at radius 3 is 2.81 bits per heavy atom. The zero-order valence-electron chi connectivity index (χ0n) is 15.4. The number of nitrogens with zero attached hydrogens (tertiary/aromatic N) is 3. The quantitative estimate of drug-likeness (QED) is 0.829. The summed E-state index contributed by atoms with van der Waals surface area (Å²) in [5.41, 5.74) is 1.81. The topological polar surface area (TPSA) is 58.8 Å². The molecular formula is C20H25N3O3. The highest BCUT2D eigenvalue weighted by Crippen LogP contribution is 2.29. The number of fused-ring (bicyclic) bond motifs is 1. The van der Waals surface area contributed by atoms with Gasteiger partial charge in [-0.25, -0.2) is 0 Å². The number of amides is 1. The SMILES string of the molecule is Cc1cc(C(=O)N2CC[C@@H]3OCCN(c4cccnc4)[C@@H]3CC2)c(C)o1. The number of hydrogen-bond acceptors (Lipinski definition) is 5. The molecule has 2 aliphatic heterocycles. The number of furan rings is 1. The molecule has 0 radical (unpaired) electrons. The molecule has 2 saturated heterocycles. The minimum atomic E-state index is 0.0610. The maximum atomic E-state index is 12.9. The third-order valence-corrected chi connectivity index (χ3v) is 5.41. The van der Waals surface area contributed by atoms with Gasteiger partial charge in [0.05, 0.1) is 36.2 Å². The number of pyridine rings is 1. The highest BCUT2D eigenvalue weighted by Gasteiger charge is 2.36. The molecule has 0 N–H and O–H groups in total. The first-order valence-electron chi connectivity index (χ1n) is 9.28. The Morgan fingerprint density at radius 1 is 1.23 bits per heavy atom. The van der Waals surface area contributed by atoms with Crippen molar-refractivity contribution in [3.63, 3.8) is 0 Å². The Kier molecular flexibility index (Phi) is 4.68. The predicted molar refractivity (Wildman–Crippen MR) is 98.4 cm³/mol. The monoisotopic (exact) mass is 355 g/mol. The van der Waals surface area contributed by atoms with Crippen LogP contribution in [-0.4, -0.2) is 54.2 Å². The largest absolute Gasteiger partial charge is 0.466 e. The van der Waals surface area contributed by atoms with Gasteiger partial charge in [0.15, 0.2) is 0 Å². The molecule has 138 valence electrons. The summed E-state index contributed by atoms with van der Waals surface area (Å²) in [5, 5.41) is 0. The molecule has 2 aromatic rings. The van der Waals surface area contributed by atoms with Gasteiger partial charge in [-0.3, -0.25) is 9.78 Å². The molecule has 0 unspecified atom stereocenters. The van der Waals surface area contributed by atoms with Gasteiger partial charge in [0.25, 0.3) is 5.91 Å². The Labute approximate surface area is 153 Å². The Hall–Kier alpha value is -2.34. The van der Waals surface area contributed by atoms with E-state index in [4.69, 9.17) is 9.15 Å². The molecular weight excluding hydrogens is 330 g/mol. The molecule has 4 rings (SSSR count). The van der Waals surface area contributed by atoms with Crippen LogP contribution >= 0.6 is 0 Å². The molecule has 0 aliphatic carbocycles. The van der Waals surface area contributed by atoms with E-state index in [9.17, 15) is 4.79 Å². The van der Waals surface area contributed by atoms with E-state index in [1.165, 1.54) is 0 Å². The number of likely N-dealkylation sites (tertiary alicyclic amines) is 1. The third kappa shape index (κ3) is 3.21. The summed E-state index contributed by atoms with van der Waals surface area (Å²) in [6, 6.07) is 6.18. The van der Waals surface area contributed by atoms with Crippen molar-refractivity contribution in [3.8, 4) is 0 Å². The lowest BCUT2D eigenvalue weighted by Gasteiger charge is -2.41. The lowest BCUT2D eigenvalue weighted by molar-refractivity contribution is 0.00907. The highest BCUT2D eigenvalue weighted by molar-refractivity contribution is 5.95. The van der Waals surface area contributed by atoms with Crippen LogP contribution in [-0.2, 0) is 4.74 Å². The van der Waals surface area contributed by atoms with E-state index in [1.807, 2.05) is 37.1 Å². The second kappa shape index (κ2) is 7.11. The zero-order valence-corrected chi connectivity index (χ0v) is 15.4. The van der Waals surface area contributed by atoms with Gasteiger partial charge >= 0.3 is 0 Å². The van der Waals surface area contributed by atoms with Crippen LogP contribution in [0.3, 0.4) is 0 Å². The molecule has 26 heavy (non-hydrogen) atoms. The summed E-state index contributed by atoms with van der Waals surface area (Å²) >= 11 is 0. The van der Waals surface area contributed by atoms with Crippen molar-refractivity contribution in [1.82, 2.24) is 9.88 Å². The summed E-state index contributed by atoms with van der Waals surface area (Å²) in [4.78, 5) is 21.5. The van der Waals surface area contributed by atoms with Crippen molar-refractivity contribution < 1.29 is 13.9 Å². The molecule has 2 fully saturated rings. The minimum Gasteiger partial charge on any atom is -0.466 e. The molecule has 6 nitrogen and oxygen atoms in total. The number of aryl methyl sites for hydroxylation is 2. The van der Waals surface area contributed by atoms with Crippen LogP contribution in [0.15, 0.2) is 35.0 Å². The van der Waals surface area contributed by atoms with Gasteiger partial charge in [-0.15, -0.1) is 0 Å². The second-order valence-corrected chi connectivity index (χ2v) is 7.08. The number of rotatable bonds is 2. The molecule has 0 saturated carbocycles. The van der Waals surface area contributed by atoms with Crippen molar-refractivity contribution >= 4 is 11.6 Å². The van der Waals surface area contributed by atoms with Crippen molar-refractivity contribution in [2.75, 3.05) is 31.1 Å². The fraction of sp³-hybridized carbons (Fsp3) is 0.500. The average molecular weight is 355 g/mol. The van der Waals surface area contributed by atoms with Gasteiger partial charge < -0.3 is 19.0 Å². The van der Waals surface area contributed by atoms with Crippen LogP contribution in [0.5, 0.6) is 0 Å². The molecule has 0 spiro atoms. The summed E-state index contributed by atoms with van der Waals surface area (Å²) in [6.45, 7) is 6.74. The van der Waals surface area contributed by atoms with E-state index in [-0.39, 0.29) is 18.1 Å². The fourth-order valence-corrected chi connectivity index (χ4v) is 4.14. The van der Waals surface area contributed by atoms with Crippen molar-refractivity contribution in [2.24, 2.45) is 0 Å². The Bertz CT molecular complexity index is 774. The van der Waals surface area contributed by atoms with Gasteiger partial charge in [-0.1, -0.05) is 0 Å². The summed E-state index contributed by atoms with van der Waals surface area (Å²) in [7, 11) is 0. The van der Waals surface area contributed by atoms with Crippen LogP contribution < -0.4 is 4.90 Å². The van der Waals surface area contributed by atoms with Gasteiger partial charge in [0.1, 0.15) is 11.5 Å². The standard InChI is InChI=1S/C20H25N3O3/c1-14-12-17(15(2)26-14)20(24)22-8-5-18-19(6-9-22)25-11-10-23(18)16-4-3-7-21-13-16/h3-4,7,12-13,18-19H,5-6,8-11H2,1-2H3/t18-,19+/m1/s1. The number of anilines is 1. The first-order chi connectivity index (χ1) is 12.6. The van der Waals surface area contributed by atoms with Crippen LogP contribution in [0, 0.1) is 13.8 Å². The lowest BCUT2D eigenvalue weighted by Crippen LogP contribution is -2.51. The zero-order chi connectivity index (χ0) is 18.1. The van der Waals surface area contributed by atoms with E-state index in [0.29, 0.717) is 24.5 Å². The maximum Gasteiger partial charge on any atom is 0.257 e. The van der Waals surface area contributed by atoms with E-state index >= 15 is 0 Å². The van der Waals surface area contributed by atoms with E-state index < -0.39 is 0 Å². The van der Waals surface area contributed by atoms with E-state index in [0.717, 1.165) is 37.4 Å². The maximum absolute atomic E-state index is 12.9. The first kappa shape index (κ1) is 17.1. The van der Waals surface area contributed by atoms with Crippen LogP contribution in [0.2, 0.25) is 0 Å². The molecule has 4 heterocycles. The first-order valence-corrected chi connectivity index (χ1v) is 9.28. The van der Waals surface area contributed by atoms with Crippen LogP contribution in [0.1, 0.15) is 34.7 Å². The van der Waals surface area contributed by atoms with Crippen LogP contribution in [0.4, 0.5) is 5.69 Å². The van der Waals surface area contributed by atoms with Gasteiger partial charge in [0, 0.05) is 25.8 Å². The molecule has 2 atom stereocenters. The fourth-order valence-electron chi connectivity index (χ4n) is 4.14. The number of morpholine rings is 1. The van der Waals surface area contributed by atoms with Crippen LogP contribution in [0.25, 0.3) is 0 Å². The normalized spacial score (nSPS) is 23.5. The molecule has 6 heteroatoms. The predicted octanol–water partition coefficient (Wildman–Crippen LogP) is 2.80. The molecule has 2 aromatic heterocycles. The summed E-state index contributed by atoms with van der Waals surface area (Å²) in [6.07, 6.45) is 5.59. The van der Waals surface area contributed by atoms with E-state index in [2.05, 4.69) is 16.0 Å². The summed E-state index contributed by atoms with van der Waals surface area (Å²) in [5.74, 6) is 1.54. The number of carbonyl (C=O) groups excluding carboxylic acids is 1. The summed E-state index contributed by atoms with van der Waals surface area (Å²) < 4.78 is 11.6.